The van der Waals surface area contributed by atoms with Gasteiger partial charge in [0, 0.05) is 10.6 Å². The van der Waals surface area contributed by atoms with Crippen molar-refractivity contribution in [3.8, 4) is 17.0 Å². The summed E-state index contributed by atoms with van der Waals surface area (Å²) in [7, 11) is 1.51. The summed E-state index contributed by atoms with van der Waals surface area (Å²) in [5, 5.41) is 9.50. The number of hydrogen-bond donors (Lipinski definition) is 1. The zero-order chi connectivity index (χ0) is 13.1. The number of rotatable bonds is 3. The molecule has 0 amide bonds. The van der Waals surface area contributed by atoms with Crippen molar-refractivity contribution in [2.75, 3.05) is 7.11 Å². The van der Waals surface area contributed by atoms with Gasteiger partial charge in [-0.3, -0.25) is 0 Å². The highest BCUT2D eigenvalue weighted by atomic mass is 35.5. The molecule has 5 heteroatoms. The monoisotopic (exact) mass is 263 g/mol. The van der Waals surface area contributed by atoms with Gasteiger partial charge in [0.2, 0.25) is 0 Å². The molecule has 0 bridgehead atoms. The SMILES string of the molecule is COc1ccc(C(=O)O)nc1-c1cccc(Cl)c1. The van der Waals surface area contributed by atoms with Gasteiger partial charge < -0.3 is 9.84 Å². The molecule has 18 heavy (non-hydrogen) atoms. The summed E-state index contributed by atoms with van der Waals surface area (Å²) in [6.07, 6.45) is 0. The number of benzene rings is 1. The van der Waals surface area contributed by atoms with E-state index in [0.717, 1.165) is 0 Å². The average molecular weight is 264 g/mol. The van der Waals surface area contributed by atoms with Crippen LogP contribution in [0.5, 0.6) is 5.75 Å². The van der Waals surface area contributed by atoms with Crippen molar-refractivity contribution in [2.45, 2.75) is 0 Å². The molecule has 0 atom stereocenters. The van der Waals surface area contributed by atoms with E-state index in [2.05, 4.69) is 4.98 Å². The lowest BCUT2D eigenvalue weighted by molar-refractivity contribution is 0.0690. The first-order chi connectivity index (χ1) is 8.61. The maximum absolute atomic E-state index is 10.9. The maximum atomic E-state index is 10.9. The molecule has 2 rings (SSSR count). The zero-order valence-electron chi connectivity index (χ0n) is 9.55. The third-order valence-electron chi connectivity index (χ3n) is 2.40. The molecule has 0 unspecified atom stereocenters. The Bertz CT molecular complexity index is 599. The van der Waals surface area contributed by atoms with Crippen LogP contribution in [-0.4, -0.2) is 23.2 Å². The van der Waals surface area contributed by atoms with Crippen LogP contribution < -0.4 is 4.74 Å². The van der Waals surface area contributed by atoms with Crippen molar-refractivity contribution in [2.24, 2.45) is 0 Å². The molecule has 0 aliphatic rings. The molecule has 1 aromatic heterocycles. The van der Waals surface area contributed by atoms with Gasteiger partial charge in [0.05, 0.1) is 7.11 Å². The van der Waals surface area contributed by atoms with Gasteiger partial charge in [-0.05, 0) is 24.3 Å². The van der Waals surface area contributed by atoms with E-state index in [-0.39, 0.29) is 5.69 Å². The molecule has 1 N–H and O–H groups in total. The Morgan fingerprint density at radius 3 is 2.72 bits per heavy atom. The Morgan fingerprint density at radius 2 is 2.11 bits per heavy atom. The molecule has 0 spiro atoms. The number of aromatic nitrogens is 1. The fourth-order valence-corrected chi connectivity index (χ4v) is 1.76. The summed E-state index contributed by atoms with van der Waals surface area (Å²) in [4.78, 5) is 15.0. The molecule has 1 heterocycles. The van der Waals surface area contributed by atoms with E-state index >= 15 is 0 Å². The maximum Gasteiger partial charge on any atom is 0.354 e. The number of carboxylic acids is 1. The van der Waals surface area contributed by atoms with Crippen LogP contribution in [0.25, 0.3) is 11.3 Å². The Morgan fingerprint density at radius 1 is 1.33 bits per heavy atom. The molecule has 1 aromatic carbocycles. The summed E-state index contributed by atoms with van der Waals surface area (Å²) in [5.41, 5.74) is 1.13. The average Bonchev–Trinajstić information content (AvgIpc) is 2.38. The van der Waals surface area contributed by atoms with Crippen LogP contribution in [-0.2, 0) is 0 Å². The Balaban J connectivity index is 2.60. The molecule has 4 nitrogen and oxygen atoms in total. The lowest BCUT2D eigenvalue weighted by Gasteiger charge is -2.08. The number of carboxylic acid groups (broad SMARTS) is 1. The highest BCUT2D eigenvalue weighted by Crippen LogP contribution is 2.29. The first kappa shape index (κ1) is 12.4. The van der Waals surface area contributed by atoms with Gasteiger partial charge >= 0.3 is 5.97 Å². The minimum Gasteiger partial charge on any atom is -0.494 e. The second-order valence-corrected chi connectivity index (χ2v) is 4.00. The summed E-state index contributed by atoms with van der Waals surface area (Å²) in [5.74, 6) is -0.580. The highest BCUT2D eigenvalue weighted by Gasteiger charge is 2.12. The van der Waals surface area contributed by atoms with Crippen molar-refractivity contribution >= 4 is 17.6 Å². The number of methoxy groups -OCH3 is 1. The number of carbonyl (C=O) groups is 1. The van der Waals surface area contributed by atoms with E-state index < -0.39 is 5.97 Å². The van der Waals surface area contributed by atoms with E-state index in [4.69, 9.17) is 21.4 Å². The third-order valence-corrected chi connectivity index (χ3v) is 2.63. The molecule has 2 aromatic rings. The first-order valence-corrected chi connectivity index (χ1v) is 5.54. The Hall–Kier alpha value is -2.07. The van der Waals surface area contributed by atoms with Crippen LogP contribution in [0.3, 0.4) is 0 Å². The summed E-state index contributed by atoms with van der Waals surface area (Å²) in [6.45, 7) is 0. The molecule has 92 valence electrons. The minimum absolute atomic E-state index is 0.0363. The smallest absolute Gasteiger partial charge is 0.354 e. The lowest BCUT2D eigenvalue weighted by Crippen LogP contribution is -2.02. The number of ether oxygens (including phenoxy) is 1. The van der Waals surface area contributed by atoms with Gasteiger partial charge in [0.1, 0.15) is 17.1 Å². The van der Waals surface area contributed by atoms with Gasteiger partial charge in [0.15, 0.2) is 0 Å². The molecule has 0 aliphatic carbocycles. The fourth-order valence-electron chi connectivity index (χ4n) is 1.57. The zero-order valence-corrected chi connectivity index (χ0v) is 10.3. The number of halogens is 1. The second-order valence-electron chi connectivity index (χ2n) is 3.56. The van der Waals surface area contributed by atoms with Crippen molar-refractivity contribution in [3.05, 3.63) is 47.1 Å². The number of aromatic carboxylic acids is 1. The van der Waals surface area contributed by atoms with Crippen LogP contribution >= 0.6 is 11.6 Å². The lowest BCUT2D eigenvalue weighted by atomic mass is 10.1. The van der Waals surface area contributed by atoms with Gasteiger partial charge in [-0.1, -0.05) is 23.7 Å². The second kappa shape index (κ2) is 5.06. The number of nitrogens with zero attached hydrogens (tertiary/aromatic N) is 1. The highest BCUT2D eigenvalue weighted by molar-refractivity contribution is 6.30. The minimum atomic E-state index is -1.08. The Kier molecular flexibility index (Phi) is 3.48. The number of hydrogen-bond acceptors (Lipinski definition) is 3. The van der Waals surface area contributed by atoms with Crippen LogP contribution in [0, 0.1) is 0 Å². The number of pyridine rings is 1. The first-order valence-electron chi connectivity index (χ1n) is 5.16. The van der Waals surface area contributed by atoms with Gasteiger partial charge in [-0.15, -0.1) is 0 Å². The predicted octanol–water partition coefficient (Wildman–Crippen LogP) is 3.11. The molecular formula is C13H10ClNO3. The van der Waals surface area contributed by atoms with Crippen LogP contribution in [0.2, 0.25) is 5.02 Å². The van der Waals surface area contributed by atoms with Crippen LogP contribution in [0.1, 0.15) is 10.5 Å². The molecule has 0 saturated heterocycles. The largest absolute Gasteiger partial charge is 0.494 e. The standard InChI is InChI=1S/C13H10ClNO3/c1-18-11-6-5-10(13(16)17)15-12(11)8-3-2-4-9(14)7-8/h2-7H,1H3,(H,16,17). The van der Waals surface area contributed by atoms with E-state index in [1.807, 2.05) is 0 Å². The molecule has 0 aliphatic heterocycles. The van der Waals surface area contributed by atoms with E-state index in [0.29, 0.717) is 22.0 Å². The normalized spacial score (nSPS) is 10.1. The Labute approximate surface area is 109 Å². The van der Waals surface area contributed by atoms with Crippen molar-refractivity contribution in [1.82, 2.24) is 4.98 Å². The van der Waals surface area contributed by atoms with Crippen molar-refractivity contribution < 1.29 is 14.6 Å². The van der Waals surface area contributed by atoms with Crippen LogP contribution in [0.4, 0.5) is 0 Å². The van der Waals surface area contributed by atoms with Gasteiger partial charge in [0.25, 0.3) is 0 Å². The van der Waals surface area contributed by atoms with Gasteiger partial charge in [-0.2, -0.15) is 0 Å². The molecule has 0 radical (unpaired) electrons. The fraction of sp³-hybridized carbons (Fsp3) is 0.0769. The quantitative estimate of drug-likeness (QED) is 0.924. The summed E-state index contributed by atoms with van der Waals surface area (Å²) in [6, 6.07) is 9.98. The van der Waals surface area contributed by atoms with Gasteiger partial charge in [-0.25, -0.2) is 9.78 Å². The van der Waals surface area contributed by atoms with E-state index in [1.165, 1.54) is 13.2 Å². The topological polar surface area (TPSA) is 59.4 Å². The van der Waals surface area contributed by atoms with Crippen LogP contribution in [0.15, 0.2) is 36.4 Å². The summed E-state index contributed by atoms with van der Waals surface area (Å²) >= 11 is 5.91. The molecular weight excluding hydrogens is 254 g/mol. The van der Waals surface area contributed by atoms with Crippen molar-refractivity contribution in [3.63, 3.8) is 0 Å². The van der Waals surface area contributed by atoms with E-state index in [9.17, 15) is 4.79 Å². The van der Waals surface area contributed by atoms with Crippen molar-refractivity contribution in [1.29, 1.82) is 0 Å². The molecule has 0 fully saturated rings. The predicted molar refractivity (Wildman–Crippen MR) is 68.2 cm³/mol. The molecule has 0 saturated carbocycles. The third kappa shape index (κ3) is 2.43. The summed E-state index contributed by atoms with van der Waals surface area (Å²) < 4.78 is 5.18. The van der Waals surface area contributed by atoms with E-state index in [1.54, 1.807) is 30.3 Å².